The number of nitrogens with zero attached hydrogens (tertiary/aromatic N) is 8. The molecule has 0 saturated carbocycles. The fraction of sp³-hybridized carbons (Fsp3) is 0.200. The van der Waals surface area contributed by atoms with Crippen molar-refractivity contribution in [2.45, 2.75) is 26.7 Å². The minimum Gasteiger partial charge on any atom is -0.504 e. The van der Waals surface area contributed by atoms with Gasteiger partial charge in [-0.1, -0.05) is 50.6 Å². The Balaban J connectivity index is 0.000000192. The molecule has 0 saturated heterocycles. The molecule has 2 aliphatic heterocycles. The molecule has 4 aromatic rings. The number of benzene rings is 2. The van der Waals surface area contributed by atoms with E-state index in [0.717, 1.165) is 29.7 Å². The van der Waals surface area contributed by atoms with E-state index in [1.165, 1.54) is 28.5 Å². The van der Waals surface area contributed by atoms with Crippen LogP contribution in [0.2, 0.25) is 0 Å². The van der Waals surface area contributed by atoms with Gasteiger partial charge in [0.15, 0.2) is 0 Å². The molecule has 4 heterocycles. The maximum atomic E-state index is 3.81. The van der Waals surface area contributed by atoms with Gasteiger partial charge in [0.25, 0.3) is 0 Å². The number of hydrogen-bond acceptors (Lipinski definition) is 6. The number of anilines is 3. The molecule has 2 aromatic heterocycles. The molecule has 0 fully saturated rings. The Bertz CT molecular complexity index is 1760. The topological polar surface area (TPSA) is 48.6 Å². The SMILES string of the molecule is CN1[CH-]N(C2=CC=CC=[C-]C2)C2=C1C=CCC=C2.CN1[CH-]N(c2[c-]cccc2)c2ccccc21.Cc1[c-]nn(C)c1.Cc1[c-]nn(C)c1.[Pt].[Pt]. The molecule has 10 heteroatoms. The molecular weight excluding hydrogens is 983 g/mol. The minimum atomic E-state index is 0. The van der Waals surface area contributed by atoms with Gasteiger partial charge < -0.3 is 39.2 Å². The number of fused-ring (bicyclic) bond motifs is 1. The Hall–Kier alpha value is -4.12. The second kappa shape index (κ2) is 19.9. The number of allylic oxidation sites excluding steroid dienone is 9. The van der Waals surface area contributed by atoms with E-state index in [4.69, 9.17) is 0 Å². The van der Waals surface area contributed by atoms with Crippen LogP contribution in [0, 0.1) is 51.7 Å². The van der Waals surface area contributed by atoms with E-state index in [0.29, 0.717) is 0 Å². The molecule has 8 rings (SSSR count). The summed E-state index contributed by atoms with van der Waals surface area (Å²) in [7, 11) is 7.90. The first kappa shape index (κ1) is 40.3. The second-order valence-corrected chi connectivity index (χ2v) is 11.5. The molecule has 0 spiro atoms. The summed E-state index contributed by atoms with van der Waals surface area (Å²) in [6, 6.07) is 19.6. The predicted octanol–water partition coefficient (Wildman–Crippen LogP) is 7.53. The third-order valence-electron chi connectivity index (χ3n) is 7.51. The van der Waals surface area contributed by atoms with Gasteiger partial charge in [0.05, 0.1) is 0 Å². The van der Waals surface area contributed by atoms with Gasteiger partial charge in [-0.05, 0) is 50.5 Å². The first-order valence-electron chi connectivity index (χ1n) is 15.9. The van der Waals surface area contributed by atoms with E-state index in [2.05, 4.69) is 149 Å². The van der Waals surface area contributed by atoms with E-state index in [-0.39, 0.29) is 42.1 Å². The van der Waals surface area contributed by atoms with E-state index >= 15 is 0 Å². The Morgan fingerprint density at radius 3 is 1.90 bits per heavy atom. The Morgan fingerprint density at radius 1 is 0.700 bits per heavy atom. The van der Waals surface area contributed by atoms with Gasteiger partial charge in [0.2, 0.25) is 0 Å². The molecule has 4 aliphatic rings. The average Bonchev–Trinajstić information content (AvgIpc) is 3.71. The van der Waals surface area contributed by atoms with Crippen LogP contribution in [0.3, 0.4) is 0 Å². The zero-order valence-corrected chi connectivity index (χ0v) is 33.7. The van der Waals surface area contributed by atoms with Crippen LogP contribution in [0.4, 0.5) is 17.1 Å². The van der Waals surface area contributed by atoms with E-state index in [9.17, 15) is 0 Å². The van der Waals surface area contributed by atoms with Crippen molar-refractivity contribution in [2.24, 2.45) is 14.1 Å². The molecule has 0 N–H and O–H groups in total. The summed E-state index contributed by atoms with van der Waals surface area (Å²) in [5, 5.41) is 7.62. The quantitative estimate of drug-likeness (QED) is 0.194. The summed E-state index contributed by atoms with van der Waals surface area (Å²) in [5.74, 6) is 0. The van der Waals surface area contributed by atoms with Crippen molar-refractivity contribution in [3.05, 3.63) is 176 Å². The van der Waals surface area contributed by atoms with Crippen LogP contribution in [0.5, 0.6) is 0 Å². The summed E-state index contributed by atoms with van der Waals surface area (Å²) in [4.78, 5) is 8.68. The second-order valence-electron chi connectivity index (χ2n) is 11.5. The van der Waals surface area contributed by atoms with Crippen molar-refractivity contribution in [2.75, 3.05) is 23.9 Å². The van der Waals surface area contributed by atoms with Crippen molar-refractivity contribution >= 4 is 17.1 Å². The van der Waals surface area contributed by atoms with Gasteiger partial charge in [-0.15, -0.1) is 36.6 Å². The van der Waals surface area contributed by atoms with Gasteiger partial charge in [-0.3, -0.25) is 6.08 Å². The Kier molecular flexibility index (Phi) is 16.0. The van der Waals surface area contributed by atoms with Gasteiger partial charge in [-0.25, -0.2) is 12.2 Å². The summed E-state index contributed by atoms with van der Waals surface area (Å²) in [5.41, 5.74) is 9.41. The largest absolute Gasteiger partial charge is 0.504 e. The van der Waals surface area contributed by atoms with Crippen LogP contribution < -0.4 is 9.80 Å². The van der Waals surface area contributed by atoms with Crippen molar-refractivity contribution in [1.82, 2.24) is 29.4 Å². The first-order valence-corrected chi connectivity index (χ1v) is 15.9. The van der Waals surface area contributed by atoms with Gasteiger partial charge in [-0.2, -0.15) is 54.8 Å². The normalized spacial score (nSPS) is 15.1. The zero-order valence-electron chi connectivity index (χ0n) is 29.2. The Morgan fingerprint density at radius 2 is 1.32 bits per heavy atom. The smallest absolute Gasteiger partial charge is 0.0335 e. The number of hydrogen-bond donors (Lipinski definition) is 0. The fourth-order valence-electron chi connectivity index (χ4n) is 5.30. The summed E-state index contributed by atoms with van der Waals surface area (Å²) >= 11 is 0. The molecular formula is C40H42N8Pt2-6. The third kappa shape index (κ3) is 10.9. The van der Waals surface area contributed by atoms with Crippen molar-refractivity contribution in [3.8, 4) is 0 Å². The van der Waals surface area contributed by atoms with E-state index < -0.39 is 0 Å². The van der Waals surface area contributed by atoms with Gasteiger partial charge in [0.1, 0.15) is 0 Å². The monoisotopic (exact) mass is 1020 g/mol. The van der Waals surface area contributed by atoms with Crippen molar-refractivity contribution in [3.63, 3.8) is 0 Å². The summed E-state index contributed by atoms with van der Waals surface area (Å²) in [6.45, 7) is 8.15. The molecule has 0 bridgehead atoms. The molecule has 0 atom stereocenters. The maximum absolute atomic E-state index is 3.81. The molecule has 2 aliphatic carbocycles. The molecule has 8 nitrogen and oxygen atoms in total. The maximum Gasteiger partial charge on any atom is 0.0335 e. The van der Waals surface area contributed by atoms with E-state index in [1.54, 1.807) is 9.36 Å². The molecule has 268 valence electrons. The van der Waals surface area contributed by atoms with Crippen LogP contribution in [0.1, 0.15) is 24.0 Å². The first-order chi connectivity index (χ1) is 23.3. The molecule has 0 radical (unpaired) electrons. The number of rotatable bonds is 2. The molecule has 2 aromatic carbocycles. The third-order valence-corrected chi connectivity index (χ3v) is 7.51. The van der Waals surface area contributed by atoms with Crippen LogP contribution >= 0.6 is 0 Å². The molecule has 50 heavy (non-hydrogen) atoms. The number of para-hydroxylation sites is 3. The average molecular weight is 1020 g/mol. The van der Waals surface area contributed by atoms with Crippen LogP contribution in [-0.2, 0) is 56.2 Å². The number of aromatic nitrogens is 4. The summed E-state index contributed by atoms with van der Waals surface area (Å²) < 4.78 is 3.46. The standard InChI is InChI=1S/C16H16N2.C14H12N2.2C5H7N2.2Pt/c1-17-13-18(14-9-5-2-3-6-10-14)16-12-8-4-7-11-15(16)17;1-15-11-16(12-7-3-2-4-8-12)14-10-6-5-9-13(14)15;2*1-5-3-6-7(2)4-5;;/h2-3,5,7-9,11-13H,4,10H2,1H3;2-7,9-11H,1H3;2*4H,1-2H3;;/q2*-2;2*-1;;. The van der Waals surface area contributed by atoms with Gasteiger partial charge in [0, 0.05) is 79.0 Å². The zero-order chi connectivity index (χ0) is 33.9. The number of likely N-dealkylation sites (N-methyl/N-ethyl adjacent to an activating group) is 1. The van der Waals surface area contributed by atoms with Crippen molar-refractivity contribution in [1.29, 1.82) is 0 Å². The van der Waals surface area contributed by atoms with Crippen LogP contribution in [0.25, 0.3) is 0 Å². The Labute approximate surface area is 327 Å². The number of aryl methyl sites for hydroxylation is 4. The van der Waals surface area contributed by atoms with Crippen LogP contribution in [0.15, 0.2) is 127 Å². The van der Waals surface area contributed by atoms with Gasteiger partial charge >= 0.3 is 0 Å². The minimum absolute atomic E-state index is 0. The van der Waals surface area contributed by atoms with Crippen molar-refractivity contribution < 1.29 is 42.1 Å². The summed E-state index contributed by atoms with van der Waals surface area (Å²) in [6.07, 6.45) is 31.5. The van der Waals surface area contributed by atoms with Crippen LogP contribution in [-0.4, -0.2) is 43.5 Å². The fourth-order valence-corrected chi connectivity index (χ4v) is 5.30. The molecule has 0 unspecified atom stereocenters. The van der Waals surface area contributed by atoms with E-state index in [1.807, 2.05) is 70.7 Å². The molecule has 0 amide bonds. The predicted molar refractivity (Wildman–Crippen MR) is 194 cm³/mol.